The molecule has 2 heterocycles. The summed E-state index contributed by atoms with van der Waals surface area (Å²) in [6.07, 6.45) is 1.34. The number of hydrogen-bond acceptors (Lipinski definition) is 5. The Morgan fingerprint density at radius 3 is 2.65 bits per heavy atom. The molecule has 6 nitrogen and oxygen atoms in total. The average molecular weight is 545 g/mol. The molecule has 0 aliphatic carbocycles. The van der Waals surface area contributed by atoms with E-state index in [1.54, 1.807) is 52.6 Å². The number of carbonyl (C=O) groups excluding carboxylic acids is 1. The Bertz CT molecular complexity index is 1320. The predicted molar refractivity (Wildman–Crippen MR) is 144 cm³/mol. The summed E-state index contributed by atoms with van der Waals surface area (Å²) in [6.45, 7) is 6.57. The van der Waals surface area contributed by atoms with Gasteiger partial charge in [-0.15, -0.1) is 11.3 Å². The number of ether oxygens (including phenoxy) is 1. The summed E-state index contributed by atoms with van der Waals surface area (Å²) in [5, 5.41) is 1.99. The second kappa shape index (κ2) is 11.8. The highest BCUT2D eigenvalue weighted by atomic mass is 32.2. The molecule has 37 heavy (non-hydrogen) atoms. The third-order valence-corrected chi connectivity index (χ3v) is 9.40. The molecule has 0 spiro atoms. The fourth-order valence-electron chi connectivity index (χ4n) is 4.39. The minimum Gasteiger partial charge on any atom is -0.491 e. The smallest absolute Gasteiger partial charge is 0.243 e. The Morgan fingerprint density at radius 2 is 1.95 bits per heavy atom. The molecule has 198 valence electrons. The van der Waals surface area contributed by atoms with Crippen LogP contribution in [0.15, 0.2) is 64.9 Å². The van der Waals surface area contributed by atoms with Crippen LogP contribution in [0.25, 0.3) is 0 Å². The lowest BCUT2D eigenvalue weighted by atomic mass is 10.0. The number of thiophene rings is 1. The number of benzene rings is 2. The van der Waals surface area contributed by atoms with Gasteiger partial charge in [0.25, 0.3) is 0 Å². The maximum atomic E-state index is 13.7. The van der Waals surface area contributed by atoms with Crippen molar-refractivity contribution < 1.29 is 22.3 Å². The van der Waals surface area contributed by atoms with Crippen LogP contribution < -0.4 is 4.74 Å². The van der Waals surface area contributed by atoms with E-state index in [4.69, 9.17) is 4.74 Å². The van der Waals surface area contributed by atoms with Gasteiger partial charge in [-0.05, 0) is 67.0 Å². The minimum absolute atomic E-state index is 0.148. The van der Waals surface area contributed by atoms with E-state index < -0.39 is 15.8 Å². The lowest BCUT2D eigenvalue weighted by Gasteiger charge is -2.37. The molecule has 1 aliphatic rings. The molecule has 0 fully saturated rings. The standard InChI is InChI=1S/C28H33FN2O4S2/c1-20(2)11-14-30(37(33,34)24-9-7-21(3)8-10-24)18-28(32)31-15-12-27-25(13-16-36-27)26(31)19-35-23-6-4-5-22(29)17-23/h4-10,13,16-17,20,26H,11-12,14-15,18-19H2,1-3H3. The number of rotatable bonds is 10. The number of amides is 1. The first-order valence-electron chi connectivity index (χ1n) is 12.5. The quantitative estimate of drug-likeness (QED) is 0.341. The van der Waals surface area contributed by atoms with Crippen LogP contribution >= 0.6 is 11.3 Å². The van der Waals surface area contributed by atoms with Crippen molar-refractivity contribution in [2.75, 3.05) is 26.2 Å². The molecule has 4 rings (SSSR count). The van der Waals surface area contributed by atoms with Crippen molar-refractivity contribution in [2.45, 2.75) is 44.6 Å². The third-order valence-electron chi connectivity index (χ3n) is 6.55. The zero-order chi connectivity index (χ0) is 26.6. The number of carbonyl (C=O) groups is 1. The monoisotopic (exact) mass is 544 g/mol. The van der Waals surface area contributed by atoms with Crippen molar-refractivity contribution in [2.24, 2.45) is 5.92 Å². The summed E-state index contributed by atoms with van der Waals surface area (Å²) in [7, 11) is -3.86. The first-order chi connectivity index (χ1) is 17.6. The lowest BCUT2D eigenvalue weighted by molar-refractivity contribution is -0.135. The number of hydrogen-bond donors (Lipinski definition) is 0. The highest BCUT2D eigenvalue weighted by Gasteiger charge is 2.35. The molecule has 1 aromatic heterocycles. The number of sulfonamides is 1. The Balaban J connectivity index is 1.57. The van der Waals surface area contributed by atoms with E-state index in [0.29, 0.717) is 25.1 Å². The Labute approximate surface area is 222 Å². The van der Waals surface area contributed by atoms with Crippen LogP contribution in [-0.2, 0) is 21.2 Å². The maximum absolute atomic E-state index is 13.7. The number of aryl methyl sites for hydroxylation is 1. The Kier molecular flexibility index (Phi) is 8.67. The van der Waals surface area contributed by atoms with E-state index in [-0.39, 0.29) is 42.5 Å². The molecule has 0 saturated heterocycles. The third kappa shape index (κ3) is 6.58. The van der Waals surface area contributed by atoms with Crippen LogP contribution in [0.3, 0.4) is 0 Å². The molecule has 1 amide bonds. The molecule has 0 radical (unpaired) electrons. The van der Waals surface area contributed by atoms with Gasteiger partial charge in [-0.25, -0.2) is 12.8 Å². The van der Waals surface area contributed by atoms with E-state index >= 15 is 0 Å². The molecular weight excluding hydrogens is 511 g/mol. The minimum atomic E-state index is -3.86. The summed E-state index contributed by atoms with van der Waals surface area (Å²) in [6, 6.07) is 14.2. The van der Waals surface area contributed by atoms with Gasteiger partial charge in [0.2, 0.25) is 15.9 Å². The first-order valence-corrected chi connectivity index (χ1v) is 14.8. The fraction of sp³-hybridized carbons (Fsp3) is 0.393. The molecule has 1 aliphatic heterocycles. The van der Waals surface area contributed by atoms with Crippen molar-refractivity contribution in [1.82, 2.24) is 9.21 Å². The van der Waals surface area contributed by atoms with Gasteiger partial charge in [-0.2, -0.15) is 4.31 Å². The van der Waals surface area contributed by atoms with Crippen molar-refractivity contribution in [3.8, 4) is 5.75 Å². The average Bonchev–Trinajstić information content (AvgIpc) is 3.34. The van der Waals surface area contributed by atoms with Crippen LogP contribution in [0.1, 0.15) is 42.3 Å². The van der Waals surface area contributed by atoms with Crippen molar-refractivity contribution in [3.05, 3.63) is 81.8 Å². The van der Waals surface area contributed by atoms with E-state index in [0.717, 1.165) is 11.1 Å². The lowest BCUT2D eigenvalue weighted by Crippen LogP contribution is -2.48. The zero-order valence-electron chi connectivity index (χ0n) is 21.4. The van der Waals surface area contributed by atoms with Crippen LogP contribution in [0, 0.1) is 18.7 Å². The summed E-state index contributed by atoms with van der Waals surface area (Å²) >= 11 is 1.64. The summed E-state index contributed by atoms with van der Waals surface area (Å²) in [4.78, 5) is 16.8. The highest BCUT2D eigenvalue weighted by Crippen LogP contribution is 2.34. The molecular formula is C28H33FN2O4S2. The molecule has 1 unspecified atom stereocenters. The van der Waals surface area contributed by atoms with E-state index in [1.165, 1.54) is 21.3 Å². The van der Waals surface area contributed by atoms with Crippen LogP contribution in [0.4, 0.5) is 4.39 Å². The molecule has 3 aromatic rings. The molecule has 0 N–H and O–H groups in total. The van der Waals surface area contributed by atoms with Gasteiger partial charge in [0.05, 0.1) is 17.5 Å². The van der Waals surface area contributed by atoms with Gasteiger partial charge < -0.3 is 9.64 Å². The van der Waals surface area contributed by atoms with Crippen LogP contribution in [0.2, 0.25) is 0 Å². The number of nitrogens with zero attached hydrogens (tertiary/aromatic N) is 2. The highest BCUT2D eigenvalue weighted by molar-refractivity contribution is 7.89. The first kappa shape index (κ1) is 27.3. The number of fused-ring (bicyclic) bond motifs is 1. The van der Waals surface area contributed by atoms with Crippen molar-refractivity contribution >= 4 is 27.3 Å². The fourth-order valence-corrected chi connectivity index (χ4v) is 6.73. The van der Waals surface area contributed by atoms with Crippen LogP contribution in [-0.4, -0.2) is 49.8 Å². The van der Waals surface area contributed by atoms with E-state index in [2.05, 4.69) is 0 Å². The second-order valence-electron chi connectivity index (χ2n) is 9.75. The van der Waals surface area contributed by atoms with Gasteiger partial charge in [0.1, 0.15) is 18.2 Å². The van der Waals surface area contributed by atoms with Gasteiger partial charge in [0.15, 0.2) is 0 Å². The molecule has 1 atom stereocenters. The largest absolute Gasteiger partial charge is 0.491 e. The SMILES string of the molecule is Cc1ccc(S(=O)(=O)N(CCC(C)C)CC(=O)N2CCc3sccc3C2COc2cccc(F)c2)cc1. The maximum Gasteiger partial charge on any atom is 0.243 e. The van der Waals surface area contributed by atoms with Gasteiger partial charge in [-0.3, -0.25) is 4.79 Å². The van der Waals surface area contributed by atoms with E-state index in [9.17, 15) is 17.6 Å². The topological polar surface area (TPSA) is 66.9 Å². The summed E-state index contributed by atoms with van der Waals surface area (Å²) in [5.41, 5.74) is 1.96. The molecule has 0 saturated carbocycles. The molecule has 2 aromatic carbocycles. The number of halogens is 1. The van der Waals surface area contributed by atoms with Gasteiger partial charge in [0, 0.05) is 24.0 Å². The van der Waals surface area contributed by atoms with Gasteiger partial charge in [-0.1, -0.05) is 37.6 Å². The predicted octanol–water partition coefficient (Wildman–Crippen LogP) is 5.44. The van der Waals surface area contributed by atoms with Gasteiger partial charge >= 0.3 is 0 Å². The Morgan fingerprint density at radius 1 is 1.19 bits per heavy atom. The second-order valence-corrected chi connectivity index (χ2v) is 12.7. The molecule has 0 bridgehead atoms. The van der Waals surface area contributed by atoms with Crippen molar-refractivity contribution in [3.63, 3.8) is 0 Å². The summed E-state index contributed by atoms with van der Waals surface area (Å²) < 4.78 is 48.0. The Hall–Kier alpha value is -2.75. The zero-order valence-corrected chi connectivity index (χ0v) is 23.0. The van der Waals surface area contributed by atoms with E-state index in [1.807, 2.05) is 32.2 Å². The molecule has 9 heteroatoms. The normalized spacial score (nSPS) is 15.7. The van der Waals surface area contributed by atoms with Crippen molar-refractivity contribution in [1.29, 1.82) is 0 Å². The summed E-state index contributed by atoms with van der Waals surface area (Å²) in [5.74, 6) is -0.00612. The van der Waals surface area contributed by atoms with Crippen LogP contribution in [0.5, 0.6) is 5.75 Å².